The maximum atomic E-state index is 13.9. The predicted octanol–water partition coefficient (Wildman–Crippen LogP) is 5.36. The molecule has 1 aromatic heterocycles. The van der Waals surface area contributed by atoms with Crippen molar-refractivity contribution >= 4 is 41.0 Å². The Bertz CT molecular complexity index is 1130. The molecule has 1 aliphatic rings. The predicted molar refractivity (Wildman–Crippen MR) is 127 cm³/mol. The molecule has 0 unspecified atom stereocenters. The molecular weight excluding hydrogens is 482 g/mol. The maximum absolute atomic E-state index is 13.9. The lowest BCUT2D eigenvalue weighted by Gasteiger charge is -2.35. The van der Waals surface area contributed by atoms with Gasteiger partial charge < -0.3 is 15.0 Å². The SMILES string of the molecule is Cc1cc(NC(=O)C(=O)N2CCCC[C@H]2c2cc(F)c(F)c(Cl)c2)cnc1NC(=O)OC(C)(C)C. The number of benzene rings is 1. The molecule has 0 saturated carbocycles. The fourth-order valence-electron chi connectivity index (χ4n) is 3.78. The lowest BCUT2D eigenvalue weighted by Crippen LogP contribution is -2.44. The van der Waals surface area contributed by atoms with Crippen molar-refractivity contribution in [2.75, 3.05) is 17.2 Å². The van der Waals surface area contributed by atoms with Crippen LogP contribution >= 0.6 is 11.6 Å². The number of piperidine rings is 1. The molecule has 1 atom stereocenters. The van der Waals surface area contributed by atoms with E-state index in [1.54, 1.807) is 33.8 Å². The Morgan fingerprint density at radius 2 is 1.86 bits per heavy atom. The Kier molecular flexibility index (Phi) is 7.94. The number of carbonyl (C=O) groups is 3. The highest BCUT2D eigenvalue weighted by Crippen LogP contribution is 2.34. The van der Waals surface area contributed by atoms with Gasteiger partial charge in [-0.3, -0.25) is 14.9 Å². The number of halogens is 3. The lowest BCUT2D eigenvalue weighted by molar-refractivity contribution is -0.145. The smallest absolute Gasteiger partial charge is 0.413 e. The minimum atomic E-state index is -1.16. The number of aromatic nitrogens is 1. The standard InChI is InChI=1S/C24H27ClF2N4O4/c1-13-9-15(12-28-20(13)30-23(34)35-24(2,3)4)29-21(32)22(33)31-8-6-5-7-18(31)14-10-16(25)19(27)17(26)11-14/h9-12,18H,5-8H2,1-4H3,(H,29,32)(H,28,30,34)/t18-/m0/s1. The molecule has 0 radical (unpaired) electrons. The van der Waals surface area contributed by atoms with E-state index in [0.717, 1.165) is 12.5 Å². The molecule has 35 heavy (non-hydrogen) atoms. The normalized spacial score (nSPS) is 16.0. The second kappa shape index (κ2) is 10.6. The minimum Gasteiger partial charge on any atom is -0.444 e. The number of ether oxygens (including phenoxy) is 1. The van der Waals surface area contributed by atoms with Crippen molar-refractivity contribution in [2.24, 2.45) is 0 Å². The average molecular weight is 509 g/mol. The van der Waals surface area contributed by atoms with E-state index in [1.165, 1.54) is 17.2 Å². The maximum Gasteiger partial charge on any atom is 0.413 e. The van der Waals surface area contributed by atoms with Crippen LogP contribution in [-0.4, -0.2) is 39.9 Å². The highest BCUT2D eigenvalue weighted by Gasteiger charge is 2.33. The third-order valence-electron chi connectivity index (χ3n) is 5.30. The molecule has 188 valence electrons. The minimum absolute atomic E-state index is 0.245. The molecule has 8 nitrogen and oxygen atoms in total. The van der Waals surface area contributed by atoms with Gasteiger partial charge in [-0.25, -0.2) is 18.6 Å². The summed E-state index contributed by atoms with van der Waals surface area (Å²) in [5, 5.41) is 4.65. The first kappa shape index (κ1) is 26.3. The summed E-state index contributed by atoms with van der Waals surface area (Å²) in [7, 11) is 0. The molecule has 2 N–H and O–H groups in total. The van der Waals surface area contributed by atoms with Gasteiger partial charge in [-0.05, 0) is 76.3 Å². The molecule has 3 rings (SSSR count). The number of likely N-dealkylation sites (tertiary alicyclic amines) is 1. The molecule has 1 aliphatic heterocycles. The first-order valence-electron chi connectivity index (χ1n) is 11.1. The summed E-state index contributed by atoms with van der Waals surface area (Å²) in [5.74, 6) is -3.75. The molecular formula is C24H27ClF2N4O4. The van der Waals surface area contributed by atoms with Gasteiger partial charge >= 0.3 is 17.9 Å². The van der Waals surface area contributed by atoms with Crippen LogP contribution in [-0.2, 0) is 14.3 Å². The topological polar surface area (TPSA) is 101 Å². The number of carbonyl (C=O) groups excluding carboxylic acids is 3. The average Bonchev–Trinajstić information content (AvgIpc) is 2.77. The summed E-state index contributed by atoms with van der Waals surface area (Å²) >= 11 is 5.79. The summed E-state index contributed by atoms with van der Waals surface area (Å²) in [5.41, 5.74) is 0.432. The molecule has 2 heterocycles. The zero-order chi connectivity index (χ0) is 25.9. The van der Waals surface area contributed by atoms with Crippen LogP contribution in [0.25, 0.3) is 0 Å². The zero-order valence-electron chi connectivity index (χ0n) is 19.9. The summed E-state index contributed by atoms with van der Waals surface area (Å²) in [6.07, 6.45) is 2.52. The van der Waals surface area contributed by atoms with Crippen molar-refractivity contribution in [3.8, 4) is 0 Å². The van der Waals surface area contributed by atoms with Crippen LogP contribution in [0, 0.1) is 18.6 Å². The number of hydrogen-bond acceptors (Lipinski definition) is 5. The highest BCUT2D eigenvalue weighted by atomic mass is 35.5. The monoisotopic (exact) mass is 508 g/mol. The third-order valence-corrected chi connectivity index (χ3v) is 5.58. The Morgan fingerprint density at radius 1 is 1.14 bits per heavy atom. The van der Waals surface area contributed by atoms with E-state index < -0.39 is 41.2 Å². The summed E-state index contributed by atoms with van der Waals surface area (Å²) in [6.45, 7) is 7.15. The Hall–Kier alpha value is -3.27. The van der Waals surface area contributed by atoms with Crippen molar-refractivity contribution in [1.29, 1.82) is 0 Å². The van der Waals surface area contributed by atoms with E-state index in [9.17, 15) is 23.2 Å². The largest absolute Gasteiger partial charge is 0.444 e. The van der Waals surface area contributed by atoms with Crippen LogP contribution < -0.4 is 10.6 Å². The second-order valence-electron chi connectivity index (χ2n) is 9.28. The van der Waals surface area contributed by atoms with Crippen LogP contribution in [0.3, 0.4) is 0 Å². The van der Waals surface area contributed by atoms with Gasteiger partial charge in [0.05, 0.1) is 22.9 Å². The first-order chi connectivity index (χ1) is 16.4. The van der Waals surface area contributed by atoms with E-state index in [-0.39, 0.29) is 23.1 Å². The van der Waals surface area contributed by atoms with Gasteiger partial charge in [0.15, 0.2) is 11.6 Å². The van der Waals surface area contributed by atoms with Crippen LogP contribution in [0.15, 0.2) is 24.4 Å². The van der Waals surface area contributed by atoms with Crippen LogP contribution in [0.4, 0.5) is 25.1 Å². The van der Waals surface area contributed by atoms with E-state index >= 15 is 0 Å². The molecule has 0 bridgehead atoms. The van der Waals surface area contributed by atoms with Crippen molar-refractivity contribution < 1.29 is 27.9 Å². The number of pyridine rings is 1. The van der Waals surface area contributed by atoms with Crippen molar-refractivity contribution in [3.63, 3.8) is 0 Å². The number of rotatable bonds is 3. The molecule has 2 aromatic rings. The van der Waals surface area contributed by atoms with E-state index in [1.807, 2.05) is 0 Å². The zero-order valence-corrected chi connectivity index (χ0v) is 20.6. The molecule has 1 fully saturated rings. The van der Waals surface area contributed by atoms with Crippen LogP contribution in [0.5, 0.6) is 0 Å². The Balaban J connectivity index is 1.71. The Morgan fingerprint density at radius 3 is 2.49 bits per heavy atom. The van der Waals surface area contributed by atoms with E-state index in [4.69, 9.17) is 16.3 Å². The van der Waals surface area contributed by atoms with Crippen molar-refractivity contribution in [3.05, 3.63) is 52.2 Å². The van der Waals surface area contributed by atoms with Gasteiger partial charge in [-0.2, -0.15) is 0 Å². The van der Waals surface area contributed by atoms with E-state index in [2.05, 4.69) is 15.6 Å². The van der Waals surface area contributed by atoms with Gasteiger partial charge in [-0.1, -0.05) is 11.6 Å². The lowest BCUT2D eigenvalue weighted by atomic mass is 9.95. The number of amides is 3. The number of hydrogen-bond donors (Lipinski definition) is 2. The van der Waals surface area contributed by atoms with Crippen LogP contribution in [0.1, 0.15) is 57.2 Å². The van der Waals surface area contributed by atoms with Gasteiger partial charge in [0, 0.05) is 6.54 Å². The number of anilines is 2. The van der Waals surface area contributed by atoms with E-state index in [0.29, 0.717) is 24.0 Å². The summed E-state index contributed by atoms with van der Waals surface area (Å²) in [6, 6.07) is 3.21. The van der Waals surface area contributed by atoms with Gasteiger partial charge in [0.1, 0.15) is 11.4 Å². The van der Waals surface area contributed by atoms with Gasteiger partial charge in [0.2, 0.25) is 0 Å². The molecule has 3 amide bonds. The number of nitrogens with zero attached hydrogens (tertiary/aromatic N) is 2. The molecule has 0 spiro atoms. The first-order valence-corrected chi connectivity index (χ1v) is 11.5. The number of nitrogens with one attached hydrogen (secondary N) is 2. The van der Waals surface area contributed by atoms with Crippen molar-refractivity contribution in [2.45, 2.75) is 58.6 Å². The molecule has 11 heteroatoms. The Labute approximate surface area is 207 Å². The quantitative estimate of drug-likeness (QED) is 0.429. The summed E-state index contributed by atoms with van der Waals surface area (Å²) < 4.78 is 32.7. The van der Waals surface area contributed by atoms with Crippen LogP contribution in [0.2, 0.25) is 5.02 Å². The fraction of sp³-hybridized carbons (Fsp3) is 0.417. The third kappa shape index (κ3) is 6.66. The second-order valence-corrected chi connectivity index (χ2v) is 9.69. The number of aryl methyl sites for hydroxylation is 1. The molecule has 1 saturated heterocycles. The fourth-order valence-corrected chi connectivity index (χ4v) is 3.99. The molecule has 0 aliphatic carbocycles. The van der Waals surface area contributed by atoms with Crippen molar-refractivity contribution in [1.82, 2.24) is 9.88 Å². The highest BCUT2D eigenvalue weighted by molar-refractivity contribution is 6.39. The van der Waals surface area contributed by atoms with Gasteiger partial charge in [-0.15, -0.1) is 0 Å². The summed E-state index contributed by atoms with van der Waals surface area (Å²) in [4.78, 5) is 43.1. The molecule has 1 aromatic carbocycles. The van der Waals surface area contributed by atoms with Gasteiger partial charge in [0.25, 0.3) is 0 Å².